The predicted octanol–water partition coefficient (Wildman–Crippen LogP) is 5.72. The molecule has 1 N–H and O–H groups in total. The molecule has 3 heterocycles. The monoisotopic (exact) mass is 598 g/mol. The lowest BCUT2D eigenvalue weighted by atomic mass is 9.83. The summed E-state index contributed by atoms with van der Waals surface area (Å²) >= 11 is 6.20. The van der Waals surface area contributed by atoms with E-state index < -0.39 is 11.7 Å². The van der Waals surface area contributed by atoms with Crippen molar-refractivity contribution in [3.63, 3.8) is 0 Å². The van der Waals surface area contributed by atoms with Crippen LogP contribution >= 0.6 is 11.6 Å². The maximum absolute atomic E-state index is 14.5. The summed E-state index contributed by atoms with van der Waals surface area (Å²) in [6.07, 6.45) is 0.729. The van der Waals surface area contributed by atoms with Gasteiger partial charge < -0.3 is 19.7 Å². The lowest BCUT2D eigenvalue weighted by Gasteiger charge is -2.44. The molecular formula is C34H32ClFN4O3. The van der Waals surface area contributed by atoms with Crippen LogP contribution in [0.25, 0.3) is 0 Å². The van der Waals surface area contributed by atoms with Gasteiger partial charge in [-0.05, 0) is 54.3 Å². The van der Waals surface area contributed by atoms with Gasteiger partial charge in [-0.3, -0.25) is 14.4 Å². The largest absolute Gasteiger partial charge is 0.369 e. The third kappa shape index (κ3) is 6.06. The number of nitrogens with zero attached hydrogens (tertiary/aromatic N) is 3. The zero-order valence-electron chi connectivity index (χ0n) is 23.8. The minimum atomic E-state index is -0.549. The first-order chi connectivity index (χ1) is 20.8. The summed E-state index contributed by atoms with van der Waals surface area (Å²) in [5.74, 6) is -0.769. The minimum Gasteiger partial charge on any atom is -0.369 e. The topological polar surface area (TPSA) is 74.7 Å². The van der Waals surface area contributed by atoms with Gasteiger partial charge in [-0.15, -0.1) is 0 Å². The molecule has 0 spiro atoms. The Hall–Kier alpha value is -4.43. The summed E-state index contributed by atoms with van der Waals surface area (Å²) in [7, 11) is 1.74. The van der Waals surface area contributed by atoms with Crippen molar-refractivity contribution >= 4 is 34.8 Å². The van der Waals surface area contributed by atoms with E-state index in [1.54, 1.807) is 42.3 Å². The number of anilines is 2. The summed E-state index contributed by atoms with van der Waals surface area (Å²) in [5.41, 5.74) is 3.83. The van der Waals surface area contributed by atoms with Gasteiger partial charge in [0.2, 0.25) is 5.91 Å². The molecule has 2 bridgehead atoms. The SMILES string of the molecule is CN(Cc1ccccc1)C(=O)c1ccc(N2C[C@H]3C[C@@H](C2)c2cccc(=O)n2C3)c(NC(=O)Cc2c(F)cccc2Cl)c1. The number of benzene rings is 3. The highest BCUT2D eigenvalue weighted by Gasteiger charge is 2.35. The number of piperidine rings is 1. The summed E-state index contributed by atoms with van der Waals surface area (Å²) in [4.78, 5) is 43.1. The molecule has 1 fully saturated rings. The number of hydrogen-bond donors (Lipinski definition) is 1. The molecule has 2 amide bonds. The summed E-state index contributed by atoms with van der Waals surface area (Å²) in [5, 5.41) is 3.14. The first-order valence-corrected chi connectivity index (χ1v) is 14.8. The Morgan fingerprint density at radius 3 is 2.56 bits per heavy atom. The van der Waals surface area contributed by atoms with Gasteiger partial charge in [0.25, 0.3) is 11.5 Å². The zero-order chi connectivity index (χ0) is 30.1. The average molecular weight is 599 g/mol. The van der Waals surface area contributed by atoms with Crippen molar-refractivity contribution in [1.82, 2.24) is 9.47 Å². The highest BCUT2D eigenvalue weighted by Crippen LogP contribution is 2.39. The molecule has 1 saturated heterocycles. The second-order valence-electron chi connectivity index (χ2n) is 11.4. The molecule has 0 saturated carbocycles. The Labute approximate surface area is 254 Å². The number of nitrogens with one attached hydrogen (secondary N) is 1. The van der Waals surface area contributed by atoms with Gasteiger partial charge in [0.15, 0.2) is 0 Å². The molecule has 0 unspecified atom stereocenters. The van der Waals surface area contributed by atoms with E-state index in [-0.39, 0.29) is 40.3 Å². The van der Waals surface area contributed by atoms with Crippen LogP contribution in [-0.2, 0) is 24.3 Å². The van der Waals surface area contributed by atoms with E-state index in [2.05, 4.69) is 10.2 Å². The van der Waals surface area contributed by atoms with E-state index in [4.69, 9.17) is 11.6 Å². The first kappa shape index (κ1) is 28.7. The second-order valence-corrected chi connectivity index (χ2v) is 11.8. The van der Waals surface area contributed by atoms with Crippen LogP contribution < -0.4 is 15.8 Å². The number of carbonyl (C=O) groups is 2. The van der Waals surface area contributed by atoms with Gasteiger partial charge in [-0.25, -0.2) is 4.39 Å². The molecule has 6 rings (SSSR count). The number of hydrogen-bond acceptors (Lipinski definition) is 4. The molecular weight excluding hydrogens is 567 g/mol. The molecule has 3 aromatic carbocycles. The van der Waals surface area contributed by atoms with Crippen LogP contribution in [0.3, 0.4) is 0 Å². The van der Waals surface area contributed by atoms with E-state index in [0.29, 0.717) is 37.4 Å². The van der Waals surface area contributed by atoms with E-state index in [1.807, 2.05) is 47.0 Å². The van der Waals surface area contributed by atoms with E-state index >= 15 is 0 Å². The molecule has 1 aromatic heterocycles. The summed E-state index contributed by atoms with van der Waals surface area (Å²) in [6.45, 7) is 2.42. The number of fused-ring (bicyclic) bond motifs is 4. The third-order valence-corrected chi connectivity index (χ3v) is 8.70. The molecule has 9 heteroatoms. The second kappa shape index (κ2) is 12.1. The van der Waals surface area contributed by atoms with Crippen LogP contribution in [0.4, 0.5) is 15.8 Å². The van der Waals surface area contributed by atoms with E-state index in [1.165, 1.54) is 12.1 Å². The van der Waals surface area contributed by atoms with E-state index in [0.717, 1.165) is 23.4 Å². The van der Waals surface area contributed by atoms with Crippen molar-refractivity contribution in [2.24, 2.45) is 5.92 Å². The Bertz CT molecular complexity index is 1720. The number of amides is 2. The standard InChI is InChI=1S/C34H32ClFN4O3/c1-38(18-22-7-3-2-4-8-22)34(43)24-13-14-31(29(16-24)37-32(41)17-26-27(35)9-5-10-28(26)36)39-19-23-15-25(21-39)30-11-6-12-33(42)40(30)20-23/h2-14,16,23,25H,15,17-21H2,1H3,(H,37,41)/t23-,25+/m1/s1. The van der Waals surface area contributed by atoms with Crippen molar-refractivity contribution in [3.8, 4) is 0 Å². The van der Waals surface area contributed by atoms with Gasteiger partial charge in [0.1, 0.15) is 5.82 Å². The fourth-order valence-electron chi connectivity index (χ4n) is 6.34. The van der Waals surface area contributed by atoms with Crippen molar-refractivity contribution in [2.45, 2.75) is 31.8 Å². The van der Waals surface area contributed by atoms with Crippen LogP contribution in [0.5, 0.6) is 0 Å². The quantitative estimate of drug-likeness (QED) is 0.295. The van der Waals surface area contributed by atoms with Gasteiger partial charge in [0.05, 0.1) is 17.8 Å². The van der Waals surface area contributed by atoms with Crippen molar-refractivity contribution in [3.05, 3.63) is 129 Å². The van der Waals surface area contributed by atoms with Crippen molar-refractivity contribution in [2.75, 3.05) is 30.4 Å². The molecule has 2 aliphatic rings. The first-order valence-electron chi connectivity index (χ1n) is 14.4. The normalized spacial score (nSPS) is 17.2. The molecule has 2 aliphatic heterocycles. The van der Waals surface area contributed by atoms with Crippen molar-refractivity contribution in [1.29, 1.82) is 0 Å². The molecule has 43 heavy (non-hydrogen) atoms. The molecule has 7 nitrogen and oxygen atoms in total. The van der Waals surface area contributed by atoms with Crippen LogP contribution in [-0.4, -0.2) is 41.4 Å². The maximum atomic E-state index is 14.5. The highest BCUT2D eigenvalue weighted by atomic mass is 35.5. The van der Waals surface area contributed by atoms with Gasteiger partial charge >= 0.3 is 0 Å². The number of aromatic nitrogens is 1. The predicted molar refractivity (Wildman–Crippen MR) is 166 cm³/mol. The van der Waals surface area contributed by atoms with Crippen LogP contribution in [0.1, 0.15) is 39.5 Å². The Kier molecular flexibility index (Phi) is 8.04. The number of halogens is 2. The van der Waals surface area contributed by atoms with Crippen LogP contribution in [0, 0.1) is 11.7 Å². The molecule has 4 aromatic rings. The number of carbonyl (C=O) groups excluding carboxylic acids is 2. The van der Waals surface area contributed by atoms with Gasteiger partial charge in [-0.1, -0.05) is 54.1 Å². The van der Waals surface area contributed by atoms with Gasteiger partial charge in [0, 0.05) is 67.1 Å². The summed E-state index contributed by atoms with van der Waals surface area (Å²) < 4.78 is 16.4. The third-order valence-electron chi connectivity index (χ3n) is 8.35. The average Bonchev–Trinajstić information content (AvgIpc) is 2.99. The van der Waals surface area contributed by atoms with Gasteiger partial charge in [-0.2, -0.15) is 0 Å². The lowest BCUT2D eigenvalue weighted by molar-refractivity contribution is -0.115. The Morgan fingerprint density at radius 1 is 0.977 bits per heavy atom. The van der Waals surface area contributed by atoms with E-state index in [9.17, 15) is 18.8 Å². The molecule has 0 aliphatic carbocycles. The summed E-state index contributed by atoms with van der Waals surface area (Å²) in [6, 6.07) is 24.8. The smallest absolute Gasteiger partial charge is 0.253 e. The Morgan fingerprint density at radius 2 is 1.77 bits per heavy atom. The zero-order valence-corrected chi connectivity index (χ0v) is 24.6. The number of rotatable bonds is 7. The Balaban J connectivity index is 1.30. The number of pyridine rings is 1. The van der Waals surface area contributed by atoms with Crippen molar-refractivity contribution < 1.29 is 14.0 Å². The molecule has 0 radical (unpaired) electrons. The van der Waals surface area contributed by atoms with Crippen LogP contribution in [0.2, 0.25) is 5.02 Å². The minimum absolute atomic E-state index is 0.0166. The fraction of sp³-hybridized carbons (Fsp3) is 0.265. The molecule has 220 valence electrons. The molecule has 2 atom stereocenters. The van der Waals surface area contributed by atoms with Crippen LogP contribution in [0.15, 0.2) is 89.7 Å². The maximum Gasteiger partial charge on any atom is 0.253 e. The lowest BCUT2D eigenvalue weighted by Crippen LogP contribution is -2.47. The fourth-order valence-corrected chi connectivity index (χ4v) is 6.57. The highest BCUT2D eigenvalue weighted by molar-refractivity contribution is 6.31.